The predicted molar refractivity (Wildman–Crippen MR) is 134 cm³/mol. The number of amides is 1. The van der Waals surface area contributed by atoms with Crippen LogP contribution in [0.2, 0.25) is 0 Å². The lowest BCUT2D eigenvalue weighted by molar-refractivity contribution is -0.117. The summed E-state index contributed by atoms with van der Waals surface area (Å²) in [6, 6.07) is 11.2. The standard InChI is InChI=1S/C22H26N2O5S4/c1-15(2)33(28,29)17-7-5-16(6-8-17)13-21(25)23-22-24(11-12-30-3)19-10-9-18(32(4,26)27)14-20(19)31-22/h5-10,14-15H,11-13H2,1-4H3. The highest BCUT2D eigenvalue weighted by molar-refractivity contribution is 7.98. The summed E-state index contributed by atoms with van der Waals surface area (Å²) in [7, 11) is -6.71. The fraction of sp³-hybridized carbons (Fsp3) is 0.364. The molecule has 1 heterocycles. The molecule has 11 heteroatoms. The number of rotatable bonds is 8. The van der Waals surface area contributed by atoms with Crippen LogP contribution in [0.15, 0.2) is 57.2 Å². The molecule has 3 aromatic rings. The molecule has 0 aliphatic heterocycles. The van der Waals surface area contributed by atoms with Gasteiger partial charge in [-0.25, -0.2) is 16.8 Å². The molecule has 0 atom stereocenters. The van der Waals surface area contributed by atoms with Gasteiger partial charge in [-0.3, -0.25) is 4.79 Å². The van der Waals surface area contributed by atoms with Gasteiger partial charge in [0, 0.05) is 18.6 Å². The fourth-order valence-corrected chi connectivity index (χ4v) is 6.42. The van der Waals surface area contributed by atoms with Crippen LogP contribution in [0.5, 0.6) is 0 Å². The number of hydrogen-bond donors (Lipinski definition) is 0. The van der Waals surface area contributed by atoms with E-state index in [9.17, 15) is 21.6 Å². The third-order valence-electron chi connectivity index (χ3n) is 5.05. The van der Waals surface area contributed by atoms with Crippen LogP contribution >= 0.6 is 23.1 Å². The molecule has 1 aromatic heterocycles. The molecule has 0 bridgehead atoms. The fourth-order valence-electron chi connectivity index (χ4n) is 3.16. The zero-order valence-corrected chi connectivity index (χ0v) is 22.1. The highest BCUT2D eigenvalue weighted by Crippen LogP contribution is 2.22. The zero-order chi connectivity index (χ0) is 24.4. The SMILES string of the molecule is CSCCn1c(=NC(=O)Cc2ccc(S(=O)(=O)C(C)C)cc2)sc2cc(S(C)(=O)=O)ccc21. The van der Waals surface area contributed by atoms with Crippen LogP contribution < -0.4 is 4.80 Å². The number of carbonyl (C=O) groups excluding carboxylic acids is 1. The average Bonchev–Trinajstić information content (AvgIpc) is 3.07. The molecule has 0 fully saturated rings. The van der Waals surface area contributed by atoms with Gasteiger partial charge in [0.1, 0.15) is 0 Å². The molecule has 0 saturated heterocycles. The predicted octanol–water partition coefficient (Wildman–Crippen LogP) is 3.32. The van der Waals surface area contributed by atoms with E-state index in [0.717, 1.165) is 22.2 Å². The molecule has 0 radical (unpaired) electrons. The van der Waals surface area contributed by atoms with Crippen molar-refractivity contribution in [1.82, 2.24) is 4.57 Å². The Morgan fingerprint density at radius 1 is 1.06 bits per heavy atom. The Balaban J connectivity index is 1.95. The van der Waals surface area contributed by atoms with Gasteiger partial charge < -0.3 is 4.57 Å². The van der Waals surface area contributed by atoms with Gasteiger partial charge in [0.15, 0.2) is 24.5 Å². The molecule has 7 nitrogen and oxygen atoms in total. The molecule has 0 aliphatic carbocycles. The number of thioether (sulfide) groups is 1. The van der Waals surface area contributed by atoms with E-state index in [1.165, 1.54) is 23.5 Å². The first-order valence-electron chi connectivity index (χ1n) is 10.2. The van der Waals surface area contributed by atoms with Gasteiger partial charge in [-0.2, -0.15) is 16.8 Å². The number of sulfone groups is 2. The minimum Gasteiger partial charge on any atom is -0.316 e. The Morgan fingerprint density at radius 2 is 1.70 bits per heavy atom. The van der Waals surface area contributed by atoms with Crippen LogP contribution in [0.25, 0.3) is 10.2 Å². The molecule has 2 aromatic carbocycles. The maximum Gasteiger partial charge on any atom is 0.252 e. The second-order valence-corrected chi connectivity index (χ2v) is 14.4. The van der Waals surface area contributed by atoms with Gasteiger partial charge in [-0.15, -0.1) is 0 Å². The minimum absolute atomic E-state index is 0.0351. The maximum absolute atomic E-state index is 12.7. The third kappa shape index (κ3) is 5.95. The lowest BCUT2D eigenvalue weighted by Gasteiger charge is -2.08. The first-order chi connectivity index (χ1) is 15.4. The Labute approximate surface area is 202 Å². The molecule has 33 heavy (non-hydrogen) atoms. The second kappa shape index (κ2) is 10.1. The van der Waals surface area contributed by atoms with Gasteiger partial charge >= 0.3 is 0 Å². The number of hydrogen-bond acceptors (Lipinski definition) is 7. The summed E-state index contributed by atoms with van der Waals surface area (Å²) >= 11 is 2.94. The third-order valence-corrected chi connectivity index (χ3v) is 9.96. The van der Waals surface area contributed by atoms with E-state index in [1.807, 2.05) is 10.8 Å². The van der Waals surface area contributed by atoms with Crippen molar-refractivity contribution in [2.75, 3.05) is 18.3 Å². The van der Waals surface area contributed by atoms with E-state index in [-0.39, 0.29) is 22.1 Å². The molecule has 0 N–H and O–H groups in total. The first-order valence-corrected chi connectivity index (χ1v) is 15.8. The molecule has 1 amide bonds. The zero-order valence-electron chi connectivity index (χ0n) is 18.8. The summed E-state index contributed by atoms with van der Waals surface area (Å²) in [6.07, 6.45) is 3.19. The van der Waals surface area contributed by atoms with E-state index >= 15 is 0 Å². The lowest BCUT2D eigenvalue weighted by atomic mass is 10.1. The van der Waals surface area contributed by atoms with Gasteiger partial charge in [-0.05, 0) is 56.0 Å². The normalized spacial score (nSPS) is 13.2. The Kier molecular flexibility index (Phi) is 7.87. The van der Waals surface area contributed by atoms with Crippen LogP contribution in [0.4, 0.5) is 0 Å². The van der Waals surface area contributed by atoms with E-state index in [4.69, 9.17) is 0 Å². The van der Waals surface area contributed by atoms with Crippen LogP contribution in [-0.4, -0.2) is 50.8 Å². The molecule has 178 valence electrons. The number of nitrogens with zero attached hydrogens (tertiary/aromatic N) is 2. The van der Waals surface area contributed by atoms with Crippen molar-refractivity contribution in [2.45, 2.75) is 41.9 Å². The number of fused-ring (bicyclic) bond motifs is 1. The van der Waals surface area contributed by atoms with Crippen LogP contribution in [-0.2, 0) is 37.4 Å². The first kappa shape index (κ1) is 25.7. The Bertz CT molecular complexity index is 1450. The van der Waals surface area contributed by atoms with E-state index in [0.29, 0.717) is 16.9 Å². The molecule has 0 saturated carbocycles. The average molecular weight is 527 g/mol. The van der Waals surface area contributed by atoms with Crippen molar-refractivity contribution in [1.29, 1.82) is 0 Å². The van der Waals surface area contributed by atoms with Crippen LogP contribution in [0.1, 0.15) is 19.4 Å². The minimum atomic E-state index is -3.37. The molecular formula is C22H26N2O5S4. The summed E-state index contributed by atoms with van der Waals surface area (Å²) in [5.41, 5.74) is 1.50. The van der Waals surface area contributed by atoms with E-state index in [2.05, 4.69) is 4.99 Å². The van der Waals surface area contributed by atoms with Gasteiger partial charge in [0.05, 0.1) is 31.7 Å². The lowest BCUT2D eigenvalue weighted by Crippen LogP contribution is -2.18. The largest absolute Gasteiger partial charge is 0.316 e. The van der Waals surface area contributed by atoms with Crippen LogP contribution in [0.3, 0.4) is 0 Å². The van der Waals surface area contributed by atoms with Gasteiger partial charge in [-0.1, -0.05) is 23.5 Å². The molecular weight excluding hydrogens is 501 g/mol. The van der Waals surface area contributed by atoms with Crippen molar-refractivity contribution < 1.29 is 21.6 Å². The molecule has 0 unspecified atom stereocenters. The van der Waals surface area contributed by atoms with Gasteiger partial charge in [0.2, 0.25) is 0 Å². The number of thiazole rings is 1. The Hall–Kier alpha value is -1.95. The topological polar surface area (TPSA) is 103 Å². The number of aromatic nitrogens is 1. The highest BCUT2D eigenvalue weighted by Gasteiger charge is 2.19. The monoisotopic (exact) mass is 526 g/mol. The second-order valence-electron chi connectivity index (χ2n) is 7.85. The summed E-state index contributed by atoms with van der Waals surface area (Å²) < 4.78 is 51.1. The summed E-state index contributed by atoms with van der Waals surface area (Å²) in [4.78, 5) is 18.0. The van der Waals surface area contributed by atoms with E-state index < -0.39 is 24.9 Å². The molecule has 0 aliphatic rings. The smallest absolute Gasteiger partial charge is 0.252 e. The maximum atomic E-state index is 12.7. The summed E-state index contributed by atoms with van der Waals surface area (Å²) in [5, 5.41) is -0.520. The van der Waals surface area contributed by atoms with E-state index in [1.54, 1.807) is 55.9 Å². The number of benzene rings is 2. The van der Waals surface area contributed by atoms with Crippen molar-refractivity contribution in [2.24, 2.45) is 4.99 Å². The number of aryl methyl sites for hydroxylation is 1. The highest BCUT2D eigenvalue weighted by atomic mass is 32.2. The van der Waals surface area contributed by atoms with Crippen molar-refractivity contribution in [3.63, 3.8) is 0 Å². The number of carbonyl (C=O) groups is 1. The molecule has 3 rings (SSSR count). The Morgan fingerprint density at radius 3 is 2.27 bits per heavy atom. The van der Waals surface area contributed by atoms with Crippen LogP contribution in [0, 0.1) is 0 Å². The van der Waals surface area contributed by atoms with Crippen molar-refractivity contribution in [3.05, 3.63) is 52.8 Å². The molecule has 0 spiro atoms. The summed E-state index contributed by atoms with van der Waals surface area (Å²) in [5.74, 6) is 0.453. The summed E-state index contributed by atoms with van der Waals surface area (Å²) in [6.45, 7) is 3.89. The van der Waals surface area contributed by atoms with Gasteiger partial charge in [0.25, 0.3) is 5.91 Å². The van der Waals surface area contributed by atoms with Crippen molar-refractivity contribution in [3.8, 4) is 0 Å². The van der Waals surface area contributed by atoms with Crippen molar-refractivity contribution >= 4 is 58.9 Å². The quantitative estimate of drug-likeness (QED) is 0.446.